The summed E-state index contributed by atoms with van der Waals surface area (Å²) in [6, 6.07) is 0. The first kappa shape index (κ1) is 12.8. The molecule has 0 spiro atoms. The average molecular weight is 231 g/mol. The molecule has 0 saturated carbocycles. The summed E-state index contributed by atoms with van der Waals surface area (Å²) in [6.45, 7) is 4.76. The van der Waals surface area contributed by atoms with Crippen LogP contribution in [0.15, 0.2) is 0 Å². The predicted molar refractivity (Wildman–Crippen MR) is 64.1 cm³/mol. The van der Waals surface area contributed by atoms with Gasteiger partial charge >= 0.3 is 0 Å². The van der Waals surface area contributed by atoms with Gasteiger partial charge in [-0.1, -0.05) is 13.8 Å². The van der Waals surface area contributed by atoms with Crippen LogP contribution in [0.5, 0.6) is 0 Å². The molecule has 1 atom stereocenters. The number of rotatable bonds is 5. The second-order valence-corrected chi connectivity index (χ2v) is 5.67. The van der Waals surface area contributed by atoms with E-state index < -0.39 is 0 Å². The molecule has 1 rings (SSSR count). The molecule has 1 aliphatic heterocycles. The van der Waals surface area contributed by atoms with Crippen molar-refractivity contribution in [3.8, 4) is 0 Å². The van der Waals surface area contributed by atoms with E-state index in [4.69, 9.17) is 4.74 Å². The molecule has 1 heterocycles. The van der Waals surface area contributed by atoms with Crippen molar-refractivity contribution in [3.05, 3.63) is 0 Å². The monoisotopic (exact) mass is 231 g/mol. The number of thioether (sulfide) groups is 1. The Hall–Kier alpha value is -0.220. The summed E-state index contributed by atoms with van der Waals surface area (Å²) in [5.41, 5.74) is -0.114. The third-order valence-electron chi connectivity index (χ3n) is 2.70. The fourth-order valence-corrected chi connectivity index (χ4v) is 3.06. The normalized spacial score (nSPS) is 25.9. The zero-order valence-corrected chi connectivity index (χ0v) is 10.7. The molecule has 1 N–H and O–H groups in total. The summed E-state index contributed by atoms with van der Waals surface area (Å²) in [5, 5.41) is 2.97. The van der Waals surface area contributed by atoms with Gasteiger partial charge in [0.1, 0.15) is 0 Å². The van der Waals surface area contributed by atoms with Crippen LogP contribution in [0.4, 0.5) is 0 Å². The van der Waals surface area contributed by atoms with Crippen molar-refractivity contribution in [2.75, 3.05) is 25.2 Å². The topological polar surface area (TPSA) is 38.3 Å². The molecule has 1 amide bonds. The summed E-state index contributed by atoms with van der Waals surface area (Å²) in [7, 11) is 1.74. The van der Waals surface area contributed by atoms with Crippen molar-refractivity contribution in [2.24, 2.45) is 5.92 Å². The zero-order chi connectivity index (χ0) is 11.3. The first-order valence-corrected chi connectivity index (χ1v) is 6.63. The van der Waals surface area contributed by atoms with Crippen molar-refractivity contribution in [1.29, 1.82) is 0 Å². The Kier molecular flexibility index (Phi) is 4.93. The third kappa shape index (κ3) is 4.03. The van der Waals surface area contributed by atoms with Crippen molar-refractivity contribution in [3.63, 3.8) is 0 Å². The van der Waals surface area contributed by atoms with Gasteiger partial charge < -0.3 is 10.1 Å². The second-order valence-electron chi connectivity index (χ2n) is 4.56. The van der Waals surface area contributed by atoms with E-state index in [1.165, 1.54) is 0 Å². The number of ether oxygens (including phenoxy) is 1. The minimum atomic E-state index is -0.114. The highest BCUT2D eigenvalue weighted by molar-refractivity contribution is 7.99. The van der Waals surface area contributed by atoms with Gasteiger partial charge in [-0.15, -0.1) is 0 Å². The third-order valence-corrected chi connectivity index (χ3v) is 3.92. The zero-order valence-electron chi connectivity index (χ0n) is 9.84. The van der Waals surface area contributed by atoms with Crippen LogP contribution in [0.25, 0.3) is 0 Å². The average Bonchev–Trinajstić information content (AvgIpc) is 2.63. The van der Waals surface area contributed by atoms with E-state index in [0.29, 0.717) is 18.9 Å². The van der Waals surface area contributed by atoms with Crippen LogP contribution in [0.2, 0.25) is 0 Å². The molecule has 1 saturated heterocycles. The van der Waals surface area contributed by atoms with Gasteiger partial charge in [-0.25, -0.2) is 0 Å². The SMILES string of the molecule is COC1(CNC(=O)CC(C)C)CCSC1. The van der Waals surface area contributed by atoms with E-state index in [1.54, 1.807) is 7.11 Å². The molecule has 0 aliphatic carbocycles. The molecule has 0 aromatic rings. The fourth-order valence-electron chi connectivity index (χ4n) is 1.66. The van der Waals surface area contributed by atoms with E-state index in [2.05, 4.69) is 19.2 Å². The van der Waals surface area contributed by atoms with Gasteiger partial charge in [-0.3, -0.25) is 4.79 Å². The van der Waals surface area contributed by atoms with Crippen LogP contribution in [0, 0.1) is 5.92 Å². The minimum absolute atomic E-state index is 0.114. The first-order chi connectivity index (χ1) is 7.08. The lowest BCUT2D eigenvalue weighted by Gasteiger charge is -2.26. The minimum Gasteiger partial charge on any atom is -0.376 e. The van der Waals surface area contributed by atoms with Crippen LogP contribution >= 0.6 is 11.8 Å². The van der Waals surface area contributed by atoms with E-state index >= 15 is 0 Å². The van der Waals surface area contributed by atoms with Gasteiger partial charge in [-0.2, -0.15) is 11.8 Å². The van der Waals surface area contributed by atoms with Gasteiger partial charge in [0, 0.05) is 25.8 Å². The molecule has 3 nitrogen and oxygen atoms in total. The molecule has 0 radical (unpaired) electrons. The molecule has 0 bridgehead atoms. The Morgan fingerprint density at radius 3 is 2.80 bits per heavy atom. The summed E-state index contributed by atoms with van der Waals surface area (Å²) < 4.78 is 5.52. The van der Waals surface area contributed by atoms with Crippen LogP contribution in [-0.2, 0) is 9.53 Å². The lowest BCUT2D eigenvalue weighted by molar-refractivity contribution is -0.123. The molecule has 0 aromatic heterocycles. The van der Waals surface area contributed by atoms with E-state index in [1.807, 2.05) is 11.8 Å². The highest BCUT2D eigenvalue weighted by Crippen LogP contribution is 2.30. The number of hydrogen-bond acceptors (Lipinski definition) is 3. The van der Waals surface area contributed by atoms with Gasteiger partial charge in [0.05, 0.1) is 5.60 Å². The number of hydrogen-bond donors (Lipinski definition) is 1. The summed E-state index contributed by atoms with van der Waals surface area (Å²) >= 11 is 1.89. The molecule has 1 fully saturated rings. The van der Waals surface area contributed by atoms with Crippen molar-refractivity contribution in [1.82, 2.24) is 5.32 Å². The Balaban J connectivity index is 2.31. The van der Waals surface area contributed by atoms with Crippen LogP contribution in [-0.4, -0.2) is 36.7 Å². The molecular weight excluding hydrogens is 210 g/mol. The maximum absolute atomic E-state index is 11.5. The molecule has 4 heteroatoms. The number of nitrogens with one attached hydrogen (secondary N) is 1. The molecule has 1 unspecified atom stereocenters. The first-order valence-electron chi connectivity index (χ1n) is 5.47. The fraction of sp³-hybridized carbons (Fsp3) is 0.909. The molecule has 15 heavy (non-hydrogen) atoms. The van der Waals surface area contributed by atoms with Gasteiger partial charge in [-0.05, 0) is 18.1 Å². The number of amides is 1. The smallest absolute Gasteiger partial charge is 0.220 e. The maximum Gasteiger partial charge on any atom is 0.220 e. The van der Waals surface area contributed by atoms with Crippen molar-refractivity contribution in [2.45, 2.75) is 32.3 Å². The largest absolute Gasteiger partial charge is 0.376 e. The lowest BCUT2D eigenvalue weighted by Crippen LogP contribution is -2.44. The summed E-state index contributed by atoms with van der Waals surface area (Å²) in [6.07, 6.45) is 1.64. The van der Waals surface area contributed by atoms with Gasteiger partial charge in [0.15, 0.2) is 0 Å². The van der Waals surface area contributed by atoms with Crippen molar-refractivity contribution < 1.29 is 9.53 Å². The Morgan fingerprint density at radius 1 is 1.60 bits per heavy atom. The molecular formula is C11H21NO2S. The number of carbonyl (C=O) groups is 1. The predicted octanol–water partition coefficient (Wildman–Crippen LogP) is 1.67. The van der Waals surface area contributed by atoms with Crippen LogP contribution < -0.4 is 5.32 Å². The molecule has 0 aromatic carbocycles. The van der Waals surface area contributed by atoms with Crippen LogP contribution in [0.3, 0.4) is 0 Å². The van der Waals surface area contributed by atoms with Crippen molar-refractivity contribution >= 4 is 17.7 Å². The van der Waals surface area contributed by atoms with Gasteiger partial charge in [0.2, 0.25) is 5.91 Å². The second kappa shape index (κ2) is 5.75. The summed E-state index contributed by atoms with van der Waals surface area (Å²) in [5.74, 6) is 2.68. The molecule has 1 aliphatic rings. The Morgan fingerprint density at radius 2 is 2.33 bits per heavy atom. The van der Waals surface area contributed by atoms with E-state index in [9.17, 15) is 4.79 Å². The highest BCUT2D eigenvalue weighted by atomic mass is 32.2. The molecule has 88 valence electrons. The van der Waals surface area contributed by atoms with E-state index in [-0.39, 0.29) is 11.5 Å². The maximum atomic E-state index is 11.5. The number of methoxy groups -OCH3 is 1. The quantitative estimate of drug-likeness (QED) is 0.782. The Bertz CT molecular complexity index is 213. The summed E-state index contributed by atoms with van der Waals surface area (Å²) in [4.78, 5) is 11.5. The highest BCUT2D eigenvalue weighted by Gasteiger charge is 2.34. The van der Waals surface area contributed by atoms with Crippen LogP contribution in [0.1, 0.15) is 26.7 Å². The number of carbonyl (C=O) groups excluding carboxylic acids is 1. The standard InChI is InChI=1S/C11H21NO2S/c1-9(2)6-10(13)12-7-11(14-3)4-5-15-8-11/h9H,4-8H2,1-3H3,(H,12,13). The Labute approximate surface area is 96.3 Å². The van der Waals surface area contributed by atoms with Gasteiger partial charge in [0.25, 0.3) is 0 Å². The van der Waals surface area contributed by atoms with E-state index in [0.717, 1.165) is 17.9 Å². The lowest BCUT2D eigenvalue weighted by atomic mass is 10.0.